The van der Waals surface area contributed by atoms with Gasteiger partial charge in [0.2, 0.25) is 0 Å². The third-order valence-corrected chi connectivity index (χ3v) is 5.38. The van der Waals surface area contributed by atoms with Gasteiger partial charge in [-0.05, 0) is 83.4 Å². The van der Waals surface area contributed by atoms with Crippen molar-refractivity contribution in [1.29, 1.82) is 0 Å². The first kappa shape index (κ1) is 24.0. The molecule has 0 fully saturated rings. The number of carbonyl (C=O) groups excluding carboxylic acids is 3. The molecule has 0 spiro atoms. The van der Waals surface area contributed by atoms with Crippen LogP contribution in [-0.4, -0.2) is 24.3 Å². The SMILES string of the molecule is CCc1ccc(OCC(=O)NNC(=O)c2ccc(NC(=O)c3cccc(C)c3)cc2)c(Br)c1. The quantitative estimate of drug-likeness (QED) is 0.411. The standard InChI is InChI=1S/C25H24BrN3O4/c1-3-17-7-12-22(21(26)14-17)33-15-23(30)28-29-25(32)18-8-10-20(11-9-18)27-24(31)19-6-4-5-16(2)13-19/h4-14H,3,15H2,1-2H3,(H,27,31)(H,28,30)(H,29,32). The molecule has 170 valence electrons. The summed E-state index contributed by atoms with van der Waals surface area (Å²) in [6.45, 7) is 3.71. The van der Waals surface area contributed by atoms with E-state index in [-0.39, 0.29) is 12.5 Å². The summed E-state index contributed by atoms with van der Waals surface area (Å²) >= 11 is 3.42. The summed E-state index contributed by atoms with van der Waals surface area (Å²) in [5.74, 6) is -0.693. The third kappa shape index (κ3) is 6.92. The van der Waals surface area contributed by atoms with Gasteiger partial charge in [-0.15, -0.1) is 0 Å². The molecule has 3 rings (SSSR count). The molecule has 3 amide bonds. The maximum atomic E-state index is 12.3. The van der Waals surface area contributed by atoms with Gasteiger partial charge in [-0.3, -0.25) is 25.2 Å². The van der Waals surface area contributed by atoms with Crippen LogP contribution in [0.5, 0.6) is 5.75 Å². The number of hydrazine groups is 1. The van der Waals surface area contributed by atoms with Crippen molar-refractivity contribution in [2.45, 2.75) is 20.3 Å². The fraction of sp³-hybridized carbons (Fsp3) is 0.160. The van der Waals surface area contributed by atoms with Crippen LogP contribution in [0.25, 0.3) is 0 Å². The van der Waals surface area contributed by atoms with Gasteiger partial charge in [0.25, 0.3) is 17.7 Å². The van der Waals surface area contributed by atoms with E-state index in [2.05, 4.69) is 32.1 Å². The molecular weight excluding hydrogens is 486 g/mol. The molecule has 3 aromatic rings. The molecule has 0 atom stereocenters. The molecule has 0 heterocycles. The van der Waals surface area contributed by atoms with Gasteiger partial charge in [-0.2, -0.15) is 0 Å². The molecule has 33 heavy (non-hydrogen) atoms. The van der Waals surface area contributed by atoms with Crippen LogP contribution in [0.3, 0.4) is 0 Å². The van der Waals surface area contributed by atoms with Crippen molar-refractivity contribution in [3.05, 3.63) is 93.5 Å². The minimum absolute atomic E-state index is 0.237. The number of aryl methyl sites for hydroxylation is 2. The van der Waals surface area contributed by atoms with Crippen LogP contribution in [0.2, 0.25) is 0 Å². The summed E-state index contributed by atoms with van der Waals surface area (Å²) in [7, 11) is 0. The lowest BCUT2D eigenvalue weighted by atomic mass is 10.1. The van der Waals surface area contributed by atoms with E-state index in [4.69, 9.17) is 4.74 Å². The van der Waals surface area contributed by atoms with Crippen LogP contribution in [-0.2, 0) is 11.2 Å². The summed E-state index contributed by atoms with van der Waals surface area (Å²) in [6, 6.07) is 19.2. The zero-order valence-corrected chi connectivity index (χ0v) is 19.9. The van der Waals surface area contributed by atoms with Gasteiger partial charge >= 0.3 is 0 Å². The Balaban J connectivity index is 1.47. The number of benzene rings is 3. The molecule has 0 saturated carbocycles. The van der Waals surface area contributed by atoms with Gasteiger partial charge in [-0.1, -0.05) is 30.7 Å². The summed E-state index contributed by atoms with van der Waals surface area (Å²) in [5, 5.41) is 2.78. The average Bonchev–Trinajstić information content (AvgIpc) is 2.82. The fourth-order valence-electron chi connectivity index (χ4n) is 2.95. The van der Waals surface area contributed by atoms with Crippen molar-refractivity contribution in [2.24, 2.45) is 0 Å². The van der Waals surface area contributed by atoms with E-state index in [1.54, 1.807) is 42.5 Å². The third-order valence-electron chi connectivity index (χ3n) is 4.76. The number of amides is 3. The van der Waals surface area contributed by atoms with Gasteiger partial charge in [0.1, 0.15) is 5.75 Å². The zero-order chi connectivity index (χ0) is 23.8. The van der Waals surface area contributed by atoms with Crippen molar-refractivity contribution < 1.29 is 19.1 Å². The summed E-state index contributed by atoms with van der Waals surface area (Å²) < 4.78 is 6.24. The van der Waals surface area contributed by atoms with Gasteiger partial charge in [0.05, 0.1) is 4.47 Å². The molecule has 0 saturated heterocycles. The molecule has 0 radical (unpaired) electrons. The van der Waals surface area contributed by atoms with Crippen molar-refractivity contribution in [1.82, 2.24) is 10.9 Å². The highest BCUT2D eigenvalue weighted by Crippen LogP contribution is 2.26. The monoisotopic (exact) mass is 509 g/mol. The number of hydrogen-bond acceptors (Lipinski definition) is 4. The van der Waals surface area contributed by atoms with E-state index < -0.39 is 11.8 Å². The first-order chi connectivity index (χ1) is 15.9. The van der Waals surface area contributed by atoms with E-state index in [0.29, 0.717) is 22.6 Å². The van der Waals surface area contributed by atoms with Crippen LogP contribution >= 0.6 is 15.9 Å². The molecule has 0 aliphatic rings. The lowest BCUT2D eigenvalue weighted by Gasteiger charge is -2.11. The Morgan fingerprint density at radius 1 is 0.879 bits per heavy atom. The highest BCUT2D eigenvalue weighted by molar-refractivity contribution is 9.10. The number of ether oxygens (including phenoxy) is 1. The zero-order valence-electron chi connectivity index (χ0n) is 18.3. The molecule has 7 nitrogen and oxygen atoms in total. The van der Waals surface area contributed by atoms with Gasteiger partial charge in [0, 0.05) is 16.8 Å². The topological polar surface area (TPSA) is 96.5 Å². The van der Waals surface area contributed by atoms with Crippen molar-refractivity contribution in [3.8, 4) is 5.75 Å². The summed E-state index contributed by atoms with van der Waals surface area (Å²) in [6.07, 6.45) is 0.894. The Labute approximate surface area is 200 Å². The fourth-order valence-corrected chi connectivity index (χ4v) is 3.49. The lowest BCUT2D eigenvalue weighted by molar-refractivity contribution is -0.123. The molecule has 0 bridgehead atoms. The van der Waals surface area contributed by atoms with Crippen LogP contribution in [0.1, 0.15) is 38.8 Å². The molecule has 3 N–H and O–H groups in total. The first-order valence-electron chi connectivity index (χ1n) is 10.3. The Morgan fingerprint density at radius 2 is 1.64 bits per heavy atom. The molecule has 0 aliphatic heterocycles. The predicted molar refractivity (Wildman–Crippen MR) is 130 cm³/mol. The smallest absolute Gasteiger partial charge is 0.276 e. The summed E-state index contributed by atoms with van der Waals surface area (Å²) in [4.78, 5) is 36.6. The normalized spacial score (nSPS) is 10.3. The highest BCUT2D eigenvalue weighted by atomic mass is 79.9. The summed E-state index contributed by atoms with van der Waals surface area (Å²) in [5.41, 5.74) is 8.22. The number of nitrogens with one attached hydrogen (secondary N) is 3. The molecule has 0 aliphatic carbocycles. The van der Waals surface area contributed by atoms with E-state index in [0.717, 1.165) is 22.0 Å². The Bertz CT molecular complexity index is 1160. The Kier molecular flexibility index (Phi) is 8.21. The second-order valence-corrected chi connectivity index (χ2v) is 8.16. The van der Waals surface area contributed by atoms with Gasteiger partial charge < -0.3 is 10.1 Å². The lowest BCUT2D eigenvalue weighted by Crippen LogP contribution is -2.43. The molecule has 0 unspecified atom stereocenters. The van der Waals surface area contributed by atoms with Crippen molar-refractivity contribution >= 4 is 39.3 Å². The van der Waals surface area contributed by atoms with Gasteiger partial charge in [-0.25, -0.2) is 0 Å². The highest BCUT2D eigenvalue weighted by Gasteiger charge is 2.11. The first-order valence-corrected chi connectivity index (χ1v) is 11.1. The minimum atomic E-state index is -0.503. The van der Waals surface area contributed by atoms with Crippen molar-refractivity contribution in [2.75, 3.05) is 11.9 Å². The average molecular weight is 510 g/mol. The molecule has 0 aromatic heterocycles. The second-order valence-electron chi connectivity index (χ2n) is 7.31. The number of hydrogen-bond donors (Lipinski definition) is 3. The van der Waals surface area contributed by atoms with Gasteiger partial charge in [0.15, 0.2) is 6.61 Å². The molecule has 8 heteroatoms. The van der Waals surface area contributed by atoms with Crippen molar-refractivity contribution in [3.63, 3.8) is 0 Å². The van der Waals surface area contributed by atoms with E-state index in [1.807, 2.05) is 38.1 Å². The maximum absolute atomic E-state index is 12.3. The Hall–Kier alpha value is -3.65. The molecular formula is C25H24BrN3O4. The number of carbonyl (C=O) groups is 3. The van der Waals surface area contributed by atoms with E-state index in [1.165, 1.54) is 0 Å². The molecule has 3 aromatic carbocycles. The van der Waals surface area contributed by atoms with Crippen LogP contribution in [0.4, 0.5) is 5.69 Å². The number of halogens is 1. The second kappa shape index (κ2) is 11.3. The van der Waals surface area contributed by atoms with E-state index in [9.17, 15) is 14.4 Å². The number of anilines is 1. The number of rotatable bonds is 7. The van der Waals surface area contributed by atoms with Crippen LogP contribution in [0, 0.1) is 6.92 Å². The Morgan fingerprint density at radius 3 is 2.30 bits per heavy atom. The predicted octanol–water partition coefficient (Wildman–Crippen LogP) is 4.41. The maximum Gasteiger partial charge on any atom is 0.276 e. The van der Waals surface area contributed by atoms with Crippen LogP contribution in [0.15, 0.2) is 71.2 Å². The minimum Gasteiger partial charge on any atom is -0.483 e. The van der Waals surface area contributed by atoms with Crippen LogP contribution < -0.4 is 20.9 Å². The largest absolute Gasteiger partial charge is 0.483 e. The van der Waals surface area contributed by atoms with E-state index >= 15 is 0 Å².